The van der Waals surface area contributed by atoms with Gasteiger partial charge in [-0.05, 0) is 20.8 Å². The van der Waals surface area contributed by atoms with E-state index in [1.165, 1.54) is 10.4 Å². The Hall–Kier alpha value is -2.51. The Balaban J connectivity index is 1.33. The third kappa shape index (κ3) is 4.41. The van der Waals surface area contributed by atoms with E-state index in [-0.39, 0.29) is 5.91 Å². The second kappa shape index (κ2) is 8.47. The van der Waals surface area contributed by atoms with Gasteiger partial charge in [-0.25, -0.2) is 4.98 Å². The third-order valence-corrected chi connectivity index (χ3v) is 6.71. The normalized spacial score (nSPS) is 15.1. The largest absolute Gasteiger partial charge is 0.361 e. The first kappa shape index (κ1) is 19.8. The van der Waals surface area contributed by atoms with Crippen molar-refractivity contribution in [3.05, 3.63) is 57.9 Å². The number of thiazole rings is 1. The standard InChI is InChI=1S/C22H26N4O2S/c1-15-19(17(3)28-24-15)13-21(27)26-11-9-25(10-12-26)14-20-16(2)23-22(29-20)18-7-5-4-6-8-18/h4-8H,9-14H2,1-3H3. The number of aryl methyl sites for hydroxylation is 3. The van der Waals surface area contributed by atoms with Gasteiger partial charge in [0.05, 0.1) is 17.8 Å². The van der Waals surface area contributed by atoms with E-state index in [9.17, 15) is 4.79 Å². The number of benzene rings is 1. The van der Waals surface area contributed by atoms with Gasteiger partial charge in [-0.2, -0.15) is 0 Å². The fourth-order valence-electron chi connectivity index (χ4n) is 3.65. The molecule has 6 nitrogen and oxygen atoms in total. The topological polar surface area (TPSA) is 62.5 Å². The maximum absolute atomic E-state index is 12.7. The zero-order valence-electron chi connectivity index (χ0n) is 17.1. The van der Waals surface area contributed by atoms with Gasteiger partial charge in [-0.15, -0.1) is 11.3 Å². The number of hydrogen-bond donors (Lipinski definition) is 0. The van der Waals surface area contributed by atoms with Crippen molar-refractivity contribution in [3.63, 3.8) is 0 Å². The molecule has 0 bridgehead atoms. The van der Waals surface area contributed by atoms with E-state index < -0.39 is 0 Å². The molecule has 1 fully saturated rings. The van der Waals surface area contributed by atoms with E-state index in [2.05, 4.69) is 29.1 Å². The molecule has 7 heteroatoms. The molecule has 1 aromatic carbocycles. The second-order valence-electron chi connectivity index (χ2n) is 7.53. The maximum atomic E-state index is 12.7. The summed E-state index contributed by atoms with van der Waals surface area (Å²) in [5.41, 5.74) is 4.00. The number of carbonyl (C=O) groups is 1. The van der Waals surface area contributed by atoms with Crippen molar-refractivity contribution < 1.29 is 9.32 Å². The number of hydrogen-bond acceptors (Lipinski definition) is 6. The number of piperazine rings is 1. The molecule has 2 aromatic heterocycles. The molecule has 0 radical (unpaired) electrons. The Morgan fingerprint density at radius 3 is 2.45 bits per heavy atom. The van der Waals surface area contributed by atoms with Crippen LogP contribution in [0.25, 0.3) is 10.6 Å². The lowest BCUT2D eigenvalue weighted by Crippen LogP contribution is -2.48. The SMILES string of the molecule is Cc1nc(-c2ccccc2)sc1CN1CCN(C(=O)Cc2c(C)noc2C)CC1. The van der Waals surface area contributed by atoms with Crippen LogP contribution in [0.5, 0.6) is 0 Å². The summed E-state index contributed by atoms with van der Waals surface area (Å²) in [5.74, 6) is 0.892. The summed E-state index contributed by atoms with van der Waals surface area (Å²) >= 11 is 1.77. The molecule has 3 aromatic rings. The molecular formula is C22H26N4O2S. The Morgan fingerprint density at radius 1 is 1.07 bits per heavy atom. The fourth-order valence-corrected chi connectivity index (χ4v) is 4.77. The van der Waals surface area contributed by atoms with Crippen molar-refractivity contribution in [1.82, 2.24) is 19.9 Å². The average molecular weight is 411 g/mol. The summed E-state index contributed by atoms with van der Waals surface area (Å²) in [4.78, 5) is 23.1. The summed E-state index contributed by atoms with van der Waals surface area (Å²) in [5, 5.41) is 5.02. The molecular weight excluding hydrogens is 384 g/mol. The number of rotatable bonds is 5. The number of aromatic nitrogens is 2. The van der Waals surface area contributed by atoms with Crippen LogP contribution in [-0.2, 0) is 17.8 Å². The van der Waals surface area contributed by atoms with Gasteiger partial charge >= 0.3 is 0 Å². The Morgan fingerprint density at radius 2 is 1.79 bits per heavy atom. The molecule has 1 saturated heterocycles. The van der Waals surface area contributed by atoms with Crippen molar-refractivity contribution in [2.75, 3.05) is 26.2 Å². The molecule has 152 valence electrons. The highest BCUT2D eigenvalue weighted by atomic mass is 32.1. The Kier molecular flexibility index (Phi) is 5.78. The van der Waals surface area contributed by atoms with Crippen LogP contribution in [0.1, 0.15) is 27.6 Å². The first-order valence-corrected chi connectivity index (χ1v) is 10.8. The molecule has 4 rings (SSSR count). The highest BCUT2D eigenvalue weighted by Crippen LogP contribution is 2.29. The van der Waals surface area contributed by atoms with Crippen LogP contribution in [0.15, 0.2) is 34.9 Å². The van der Waals surface area contributed by atoms with Crippen molar-refractivity contribution in [3.8, 4) is 10.6 Å². The summed E-state index contributed by atoms with van der Waals surface area (Å²) in [6.07, 6.45) is 0.371. The molecule has 0 atom stereocenters. The monoisotopic (exact) mass is 410 g/mol. The van der Waals surface area contributed by atoms with Crippen LogP contribution in [0.3, 0.4) is 0 Å². The van der Waals surface area contributed by atoms with Crippen LogP contribution in [0.4, 0.5) is 0 Å². The molecule has 0 unspecified atom stereocenters. The highest BCUT2D eigenvalue weighted by molar-refractivity contribution is 7.15. The lowest BCUT2D eigenvalue weighted by atomic mass is 10.1. The van der Waals surface area contributed by atoms with Crippen LogP contribution >= 0.6 is 11.3 Å². The molecule has 3 heterocycles. The minimum atomic E-state index is 0.152. The summed E-state index contributed by atoms with van der Waals surface area (Å²) in [7, 11) is 0. The summed E-state index contributed by atoms with van der Waals surface area (Å²) < 4.78 is 5.18. The van der Waals surface area contributed by atoms with Gasteiger partial charge in [0, 0.05) is 48.7 Å². The smallest absolute Gasteiger partial charge is 0.227 e. The van der Waals surface area contributed by atoms with Gasteiger partial charge in [0.25, 0.3) is 0 Å². The van der Waals surface area contributed by atoms with Crippen molar-refractivity contribution in [2.45, 2.75) is 33.7 Å². The van der Waals surface area contributed by atoms with Gasteiger partial charge in [-0.3, -0.25) is 9.69 Å². The fraction of sp³-hybridized carbons (Fsp3) is 0.409. The quantitative estimate of drug-likeness (QED) is 0.643. The van der Waals surface area contributed by atoms with Crippen LogP contribution < -0.4 is 0 Å². The average Bonchev–Trinajstić information content (AvgIpc) is 3.26. The number of carbonyl (C=O) groups excluding carboxylic acids is 1. The van der Waals surface area contributed by atoms with Gasteiger partial charge in [0.2, 0.25) is 5.91 Å². The lowest BCUT2D eigenvalue weighted by Gasteiger charge is -2.34. The first-order valence-electron chi connectivity index (χ1n) is 9.95. The molecule has 29 heavy (non-hydrogen) atoms. The zero-order chi connectivity index (χ0) is 20.4. The molecule has 0 saturated carbocycles. The number of amides is 1. The van der Waals surface area contributed by atoms with Crippen molar-refractivity contribution >= 4 is 17.2 Å². The van der Waals surface area contributed by atoms with Gasteiger partial charge in [0.1, 0.15) is 10.8 Å². The van der Waals surface area contributed by atoms with E-state index in [0.29, 0.717) is 6.42 Å². The molecule has 1 aliphatic heterocycles. The van der Waals surface area contributed by atoms with Gasteiger partial charge in [-0.1, -0.05) is 35.5 Å². The van der Waals surface area contributed by atoms with E-state index in [1.807, 2.05) is 36.9 Å². The van der Waals surface area contributed by atoms with Crippen LogP contribution in [0.2, 0.25) is 0 Å². The van der Waals surface area contributed by atoms with Crippen molar-refractivity contribution in [1.29, 1.82) is 0 Å². The summed E-state index contributed by atoms with van der Waals surface area (Å²) in [6, 6.07) is 10.3. The van der Waals surface area contributed by atoms with Crippen LogP contribution in [0, 0.1) is 20.8 Å². The molecule has 1 amide bonds. The van der Waals surface area contributed by atoms with E-state index in [0.717, 1.165) is 60.4 Å². The lowest BCUT2D eigenvalue weighted by molar-refractivity contribution is -0.132. The minimum absolute atomic E-state index is 0.152. The summed E-state index contributed by atoms with van der Waals surface area (Å²) in [6.45, 7) is 10.00. The van der Waals surface area contributed by atoms with Gasteiger partial charge < -0.3 is 9.42 Å². The van der Waals surface area contributed by atoms with Crippen molar-refractivity contribution in [2.24, 2.45) is 0 Å². The molecule has 0 aliphatic carbocycles. The molecule has 0 spiro atoms. The highest BCUT2D eigenvalue weighted by Gasteiger charge is 2.24. The van der Waals surface area contributed by atoms with E-state index >= 15 is 0 Å². The predicted octanol–water partition coefficient (Wildman–Crippen LogP) is 3.61. The van der Waals surface area contributed by atoms with Crippen LogP contribution in [-0.4, -0.2) is 52.0 Å². The Labute approximate surface area is 175 Å². The van der Waals surface area contributed by atoms with E-state index in [1.54, 1.807) is 11.3 Å². The Bertz CT molecular complexity index is 968. The van der Waals surface area contributed by atoms with Gasteiger partial charge in [0.15, 0.2) is 0 Å². The first-order chi connectivity index (χ1) is 14.0. The molecule has 0 N–H and O–H groups in total. The number of nitrogens with zero attached hydrogens (tertiary/aromatic N) is 4. The second-order valence-corrected chi connectivity index (χ2v) is 8.61. The zero-order valence-corrected chi connectivity index (χ0v) is 18.0. The minimum Gasteiger partial charge on any atom is -0.361 e. The predicted molar refractivity (Wildman–Crippen MR) is 114 cm³/mol. The maximum Gasteiger partial charge on any atom is 0.227 e. The van der Waals surface area contributed by atoms with E-state index in [4.69, 9.17) is 9.51 Å². The third-order valence-electron chi connectivity index (χ3n) is 5.51. The molecule has 1 aliphatic rings.